The Balaban J connectivity index is 4.15. The van der Waals surface area contributed by atoms with Gasteiger partial charge in [-0.05, 0) is 0 Å². The van der Waals surface area contributed by atoms with Crippen molar-refractivity contribution in [2.75, 3.05) is 6.79 Å². The molecule has 0 atom stereocenters. The van der Waals surface area contributed by atoms with Crippen LogP contribution >= 0.6 is 12.0 Å². The summed E-state index contributed by atoms with van der Waals surface area (Å²) in [6.07, 6.45) is 0. The third-order valence-electron chi connectivity index (χ3n) is 0.916. The zero-order chi connectivity index (χ0) is 13.7. The van der Waals surface area contributed by atoms with E-state index in [0.29, 0.717) is 0 Å². The molecule has 0 aromatic rings. The van der Waals surface area contributed by atoms with Gasteiger partial charge in [0.15, 0.2) is 6.79 Å². The number of alkyl halides is 4. The summed E-state index contributed by atoms with van der Waals surface area (Å²) in [4.78, 5) is 0. The normalized spacial score (nSPS) is 14.0. The van der Waals surface area contributed by atoms with Crippen molar-refractivity contribution in [1.29, 1.82) is 0 Å². The minimum absolute atomic E-state index is 0.928. The van der Waals surface area contributed by atoms with Crippen LogP contribution < -0.4 is 0 Å². The second-order valence-electron chi connectivity index (χ2n) is 2.03. The monoisotopic (exact) mass is 308 g/mol. The van der Waals surface area contributed by atoms with Crippen molar-refractivity contribution in [3.05, 3.63) is 0 Å². The van der Waals surface area contributed by atoms with Crippen LogP contribution in [0.5, 0.6) is 0 Å². The summed E-state index contributed by atoms with van der Waals surface area (Å²) in [5.41, 5.74) is -9.39. The van der Waals surface area contributed by atoms with Crippen molar-refractivity contribution >= 4 is 22.2 Å². The number of ether oxygens (including phenoxy) is 2. The Morgan fingerprint density at radius 3 is 2.12 bits per heavy atom. The minimum atomic E-state index is -5.92. The van der Waals surface area contributed by atoms with E-state index in [2.05, 4.69) is 18.8 Å². The van der Waals surface area contributed by atoms with Gasteiger partial charge in [0.05, 0.1) is 0 Å². The molecule has 0 radical (unpaired) electrons. The quantitative estimate of drug-likeness (QED) is 0.169. The van der Waals surface area contributed by atoms with E-state index in [1.54, 1.807) is 0 Å². The fourth-order valence-corrected chi connectivity index (χ4v) is 0.723. The van der Waals surface area contributed by atoms with E-state index >= 15 is 0 Å². The summed E-state index contributed by atoms with van der Waals surface area (Å²) in [5.74, 6) is 0. The van der Waals surface area contributed by atoms with Gasteiger partial charge in [-0.3, -0.25) is 14.0 Å². The van der Waals surface area contributed by atoms with E-state index in [4.69, 9.17) is 9.81 Å². The van der Waals surface area contributed by atoms with Crippen molar-refractivity contribution in [3.8, 4) is 0 Å². The number of rotatable bonds is 8. The molecule has 0 fully saturated rings. The van der Waals surface area contributed by atoms with Crippen LogP contribution in [0.15, 0.2) is 0 Å². The molecular formula is C3H4F4O8S2. The first-order valence-corrected chi connectivity index (χ1v) is 5.36. The number of hydrogen-bond donors (Lipinski definition) is 2. The molecule has 0 spiro atoms. The van der Waals surface area contributed by atoms with Crippen LogP contribution in [0, 0.1) is 0 Å². The van der Waals surface area contributed by atoms with Gasteiger partial charge in [0.25, 0.3) is 0 Å². The number of halogens is 4. The van der Waals surface area contributed by atoms with E-state index in [0.717, 1.165) is 0 Å². The first-order chi connectivity index (χ1) is 7.52. The first kappa shape index (κ1) is 16.8. The summed E-state index contributed by atoms with van der Waals surface area (Å²) in [6, 6.07) is 0. The summed E-state index contributed by atoms with van der Waals surface area (Å²) < 4.78 is 86.6. The molecule has 14 heteroatoms. The maximum atomic E-state index is 12.4. The molecule has 8 nitrogen and oxygen atoms in total. The lowest BCUT2D eigenvalue weighted by Crippen LogP contribution is -2.33. The maximum Gasteiger partial charge on any atom is 0.489 e. The molecule has 0 amide bonds. The van der Waals surface area contributed by atoms with Gasteiger partial charge in [-0.2, -0.15) is 26.0 Å². The van der Waals surface area contributed by atoms with E-state index < -0.39 is 39.8 Å². The minimum Gasteiger partial charge on any atom is -0.282 e. The molecular weight excluding hydrogens is 304 g/mol. The highest BCUT2D eigenvalue weighted by atomic mass is 32.2. The highest BCUT2D eigenvalue weighted by Gasteiger charge is 2.47. The average molecular weight is 308 g/mol. The van der Waals surface area contributed by atoms with Gasteiger partial charge in [0.2, 0.25) is 0 Å². The van der Waals surface area contributed by atoms with Gasteiger partial charge in [-0.1, -0.05) is 5.04 Å². The van der Waals surface area contributed by atoms with Gasteiger partial charge < -0.3 is 0 Å². The second kappa shape index (κ2) is 6.10. The van der Waals surface area contributed by atoms with Crippen LogP contribution in [0.1, 0.15) is 0 Å². The predicted molar refractivity (Wildman–Crippen MR) is 40.9 cm³/mol. The van der Waals surface area contributed by atoms with E-state index in [9.17, 15) is 26.0 Å². The summed E-state index contributed by atoms with van der Waals surface area (Å²) >= 11 is -0.928. The van der Waals surface area contributed by atoms with Gasteiger partial charge >= 0.3 is 21.0 Å². The molecule has 0 rings (SSSR count). The Bertz CT molecular complexity index is 330. The lowest BCUT2D eigenvalue weighted by atomic mass is 11.2. The molecule has 2 N–H and O–H groups in total. The van der Waals surface area contributed by atoms with E-state index in [1.165, 1.54) is 0 Å². The van der Waals surface area contributed by atoms with Crippen LogP contribution in [0.3, 0.4) is 0 Å². The predicted octanol–water partition coefficient (Wildman–Crippen LogP) is 1.03. The van der Waals surface area contributed by atoms with Crippen molar-refractivity contribution < 1.29 is 54.6 Å². The van der Waals surface area contributed by atoms with Gasteiger partial charge in [-0.25, -0.2) is 5.26 Å². The summed E-state index contributed by atoms with van der Waals surface area (Å²) in [6.45, 7) is -1.90. The molecule has 0 aliphatic heterocycles. The van der Waals surface area contributed by atoms with Gasteiger partial charge in [-0.15, -0.1) is 4.33 Å². The Kier molecular flexibility index (Phi) is 6.02. The van der Waals surface area contributed by atoms with Crippen LogP contribution in [0.4, 0.5) is 17.6 Å². The zero-order valence-corrected chi connectivity index (χ0v) is 9.01. The second-order valence-corrected chi connectivity index (χ2v) is 4.24. The average Bonchev–Trinajstić information content (AvgIpc) is 2.12. The summed E-state index contributed by atoms with van der Waals surface area (Å²) in [5, 5.41) is 10.3. The maximum absolute atomic E-state index is 12.4. The summed E-state index contributed by atoms with van der Waals surface area (Å²) in [7, 11) is -5.92. The molecule has 0 aromatic heterocycles. The van der Waals surface area contributed by atoms with Crippen molar-refractivity contribution in [1.82, 2.24) is 0 Å². The van der Waals surface area contributed by atoms with Gasteiger partial charge in [0, 0.05) is 0 Å². The van der Waals surface area contributed by atoms with Gasteiger partial charge in [0.1, 0.15) is 12.0 Å². The molecule has 0 heterocycles. The molecule has 0 aromatic carbocycles. The van der Waals surface area contributed by atoms with Crippen molar-refractivity contribution in [2.24, 2.45) is 0 Å². The fraction of sp³-hybridized carbons (Fsp3) is 1.00. The number of hydrogen-bond acceptors (Lipinski definition) is 8. The SMILES string of the molecule is O=S(=O)(O)C(F)(F)OCOC(F)(F)SOOO. The molecule has 0 saturated carbocycles. The smallest absolute Gasteiger partial charge is 0.282 e. The Labute approximate surface area is 95.2 Å². The molecule has 0 aliphatic carbocycles. The third kappa shape index (κ3) is 6.32. The fourth-order valence-electron chi connectivity index (χ4n) is 0.320. The van der Waals surface area contributed by atoms with Crippen LogP contribution in [0.25, 0.3) is 0 Å². The highest BCUT2D eigenvalue weighted by molar-refractivity contribution is 7.95. The lowest BCUT2D eigenvalue weighted by Gasteiger charge is -2.16. The first-order valence-electron chi connectivity index (χ1n) is 3.18. The Morgan fingerprint density at radius 1 is 1.18 bits per heavy atom. The topological polar surface area (TPSA) is 112 Å². The molecule has 104 valence electrons. The molecule has 0 bridgehead atoms. The van der Waals surface area contributed by atoms with Crippen LogP contribution in [-0.2, 0) is 29.0 Å². The highest BCUT2D eigenvalue weighted by Crippen LogP contribution is 2.32. The molecule has 0 saturated heterocycles. The molecule has 0 unspecified atom stereocenters. The van der Waals surface area contributed by atoms with Crippen LogP contribution in [0.2, 0.25) is 0 Å². The third-order valence-corrected chi connectivity index (χ3v) is 2.07. The zero-order valence-electron chi connectivity index (χ0n) is 7.38. The lowest BCUT2D eigenvalue weighted by molar-refractivity contribution is -0.435. The van der Waals surface area contributed by atoms with E-state index in [1.807, 2.05) is 0 Å². The van der Waals surface area contributed by atoms with Crippen molar-refractivity contribution in [2.45, 2.75) is 10.9 Å². The van der Waals surface area contributed by atoms with Crippen molar-refractivity contribution in [3.63, 3.8) is 0 Å². The molecule has 0 aliphatic rings. The largest absolute Gasteiger partial charge is 0.489 e. The Hall–Kier alpha value is -0.220. The van der Waals surface area contributed by atoms with E-state index in [-0.39, 0.29) is 0 Å². The Morgan fingerprint density at radius 2 is 1.71 bits per heavy atom. The van der Waals surface area contributed by atoms with Crippen LogP contribution in [-0.4, -0.2) is 35.9 Å². The molecule has 17 heavy (non-hydrogen) atoms. The standard InChI is InChI=1S/C3H4F4O8S2/c4-2(5,16-15-14-8)12-1-13-3(6,7)17(9,10)11/h8H,1H2,(H,9,10,11).